The summed E-state index contributed by atoms with van der Waals surface area (Å²) < 4.78 is 1.70. The summed E-state index contributed by atoms with van der Waals surface area (Å²) in [6.07, 6.45) is 0. The molecule has 0 saturated heterocycles. The minimum atomic E-state index is 0.162. The molecule has 8 nitrogen and oxygen atoms in total. The van der Waals surface area contributed by atoms with Gasteiger partial charge in [0.1, 0.15) is 5.69 Å². The van der Waals surface area contributed by atoms with Gasteiger partial charge in [-0.25, -0.2) is 9.67 Å². The van der Waals surface area contributed by atoms with E-state index in [1.165, 1.54) is 0 Å². The summed E-state index contributed by atoms with van der Waals surface area (Å²) in [5, 5.41) is 9.19. The molecule has 0 aliphatic heterocycles. The van der Waals surface area contributed by atoms with E-state index in [1.54, 1.807) is 4.68 Å². The number of aromatic amines is 1. The van der Waals surface area contributed by atoms with E-state index in [0.717, 1.165) is 27.5 Å². The summed E-state index contributed by atoms with van der Waals surface area (Å²) in [6.45, 7) is 2.48. The van der Waals surface area contributed by atoms with Crippen LogP contribution < -0.4 is 11.5 Å². The van der Waals surface area contributed by atoms with Crippen LogP contribution in [0.5, 0.6) is 0 Å². The molecule has 3 heterocycles. The van der Waals surface area contributed by atoms with Crippen LogP contribution in [-0.2, 0) is 6.54 Å². The molecule has 0 aliphatic rings. The van der Waals surface area contributed by atoms with E-state index in [0.29, 0.717) is 23.4 Å². The number of nitrogen functional groups attached to an aromatic ring is 2. The Bertz CT molecular complexity index is 1080. The molecule has 9 heteroatoms. The number of nitrogens with zero attached hydrogens (tertiary/aromatic N) is 5. The largest absolute Gasteiger partial charge is 0.399 e. The van der Waals surface area contributed by atoms with Crippen LogP contribution in [0.2, 0.25) is 0 Å². The van der Waals surface area contributed by atoms with Crippen molar-refractivity contribution in [3.8, 4) is 11.4 Å². The topological polar surface area (TPSA) is 124 Å². The van der Waals surface area contributed by atoms with Crippen molar-refractivity contribution >= 4 is 35.4 Å². The molecule has 0 spiro atoms. The smallest absolute Gasteiger partial charge is 0.222 e. The highest BCUT2D eigenvalue weighted by molar-refractivity contribution is 7.80. The maximum absolute atomic E-state index is 5.89. The summed E-state index contributed by atoms with van der Waals surface area (Å²) in [5.41, 5.74) is 17.1. The number of nitrogens with two attached hydrogens (primary N) is 2. The highest BCUT2D eigenvalue weighted by Gasteiger charge is 2.16. The van der Waals surface area contributed by atoms with Gasteiger partial charge < -0.3 is 16.5 Å². The maximum Gasteiger partial charge on any atom is 0.222 e. The van der Waals surface area contributed by atoms with E-state index in [9.17, 15) is 0 Å². The fourth-order valence-electron chi connectivity index (χ4n) is 2.70. The standard InChI is InChI=1S/C16H16N8S/c1-8-6-9(2-3-10(8)17)7-24-15-14(22-23-24)13(20-16(18)21-15)11-4-5-12(25)19-11/h2-6,19,25H,7,17H2,1H3,(H2,18,20,21). The molecule has 1 aromatic carbocycles. The Labute approximate surface area is 148 Å². The molecule has 0 bridgehead atoms. The second-order valence-corrected chi connectivity index (χ2v) is 6.28. The Morgan fingerprint density at radius 2 is 2.00 bits per heavy atom. The first-order chi connectivity index (χ1) is 12.0. The highest BCUT2D eigenvalue weighted by Crippen LogP contribution is 2.25. The first-order valence-corrected chi connectivity index (χ1v) is 8.06. The fourth-order valence-corrected chi connectivity index (χ4v) is 2.89. The van der Waals surface area contributed by atoms with Gasteiger partial charge in [-0.2, -0.15) is 4.98 Å². The number of hydrogen-bond donors (Lipinski definition) is 4. The third kappa shape index (κ3) is 2.78. The maximum atomic E-state index is 5.89. The van der Waals surface area contributed by atoms with Crippen molar-refractivity contribution in [3.63, 3.8) is 0 Å². The summed E-state index contributed by atoms with van der Waals surface area (Å²) in [5.74, 6) is 0.162. The normalized spacial score (nSPS) is 11.3. The predicted molar refractivity (Wildman–Crippen MR) is 99.3 cm³/mol. The molecule has 0 fully saturated rings. The number of fused-ring (bicyclic) bond motifs is 1. The third-order valence-corrected chi connectivity index (χ3v) is 4.23. The van der Waals surface area contributed by atoms with Crippen molar-refractivity contribution in [1.29, 1.82) is 0 Å². The van der Waals surface area contributed by atoms with Crippen molar-refractivity contribution in [3.05, 3.63) is 41.5 Å². The molecule has 0 aliphatic carbocycles. The lowest BCUT2D eigenvalue weighted by Crippen LogP contribution is -2.05. The van der Waals surface area contributed by atoms with Crippen LogP contribution in [0, 0.1) is 6.92 Å². The quantitative estimate of drug-likeness (QED) is 0.330. The molecule has 0 unspecified atom stereocenters. The summed E-state index contributed by atoms with van der Waals surface area (Å²) in [7, 11) is 0. The summed E-state index contributed by atoms with van der Waals surface area (Å²) in [4.78, 5) is 11.7. The van der Waals surface area contributed by atoms with Crippen LogP contribution in [0.25, 0.3) is 22.6 Å². The molecule has 0 amide bonds. The van der Waals surface area contributed by atoms with Crippen LogP contribution >= 0.6 is 12.6 Å². The van der Waals surface area contributed by atoms with Gasteiger partial charge in [0, 0.05) is 5.69 Å². The Kier molecular flexibility index (Phi) is 3.57. The zero-order valence-corrected chi connectivity index (χ0v) is 14.3. The van der Waals surface area contributed by atoms with Crippen molar-refractivity contribution in [2.24, 2.45) is 0 Å². The van der Waals surface area contributed by atoms with Crippen LogP contribution in [-0.4, -0.2) is 29.9 Å². The Hall–Kier alpha value is -3.07. The van der Waals surface area contributed by atoms with Gasteiger partial charge in [-0.1, -0.05) is 17.3 Å². The van der Waals surface area contributed by atoms with Gasteiger partial charge in [0.15, 0.2) is 11.2 Å². The van der Waals surface area contributed by atoms with Crippen LogP contribution in [0.4, 0.5) is 11.6 Å². The first kappa shape index (κ1) is 15.5. The lowest BCUT2D eigenvalue weighted by Gasteiger charge is -2.06. The van der Waals surface area contributed by atoms with Gasteiger partial charge in [-0.05, 0) is 36.2 Å². The molecule has 4 aromatic rings. The minimum Gasteiger partial charge on any atom is -0.399 e. The van der Waals surface area contributed by atoms with E-state index >= 15 is 0 Å². The van der Waals surface area contributed by atoms with Crippen molar-refractivity contribution in [2.45, 2.75) is 18.5 Å². The minimum absolute atomic E-state index is 0.162. The number of H-pyrrole nitrogens is 1. The van der Waals surface area contributed by atoms with Crippen LogP contribution in [0.15, 0.2) is 35.4 Å². The molecular formula is C16H16N8S. The van der Waals surface area contributed by atoms with E-state index in [-0.39, 0.29) is 5.95 Å². The molecule has 3 aromatic heterocycles. The predicted octanol–water partition coefficient (Wildman–Crippen LogP) is 2.03. The average molecular weight is 352 g/mol. The third-order valence-electron chi connectivity index (χ3n) is 3.97. The summed E-state index contributed by atoms with van der Waals surface area (Å²) in [6, 6.07) is 9.56. The average Bonchev–Trinajstić information content (AvgIpc) is 3.17. The van der Waals surface area contributed by atoms with Crippen LogP contribution in [0.1, 0.15) is 11.1 Å². The Morgan fingerprint density at radius 1 is 1.16 bits per heavy atom. The van der Waals surface area contributed by atoms with Crippen LogP contribution in [0.3, 0.4) is 0 Å². The summed E-state index contributed by atoms with van der Waals surface area (Å²) >= 11 is 4.28. The second kappa shape index (κ2) is 5.78. The van der Waals surface area contributed by atoms with Gasteiger partial charge in [-0.15, -0.1) is 17.7 Å². The highest BCUT2D eigenvalue weighted by atomic mass is 32.1. The van der Waals surface area contributed by atoms with E-state index in [4.69, 9.17) is 11.5 Å². The number of nitrogens with one attached hydrogen (secondary N) is 1. The molecule has 126 valence electrons. The molecule has 0 atom stereocenters. The Balaban J connectivity index is 1.81. The van der Waals surface area contributed by atoms with Crippen molar-refractivity contribution in [2.75, 3.05) is 11.5 Å². The number of anilines is 2. The molecule has 25 heavy (non-hydrogen) atoms. The van der Waals surface area contributed by atoms with Gasteiger partial charge in [0.2, 0.25) is 5.95 Å². The fraction of sp³-hybridized carbons (Fsp3) is 0.125. The number of thiol groups is 1. The zero-order valence-electron chi connectivity index (χ0n) is 13.4. The molecule has 4 rings (SSSR count). The lowest BCUT2D eigenvalue weighted by atomic mass is 10.1. The number of aryl methyl sites for hydroxylation is 1. The van der Waals surface area contributed by atoms with Gasteiger partial charge in [-0.3, -0.25) is 0 Å². The number of rotatable bonds is 3. The number of hydrogen-bond acceptors (Lipinski definition) is 7. The van der Waals surface area contributed by atoms with Crippen molar-refractivity contribution < 1.29 is 0 Å². The molecule has 0 radical (unpaired) electrons. The van der Waals surface area contributed by atoms with Gasteiger partial charge >= 0.3 is 0 Å². The lowest BCUT2D eigenvalue weighted by molar-refractivity contribution is 0.664. The van der Waals surface area contributed by atoms with E-state index < -0.39 is 0 Å². The zero-order chi connectivity index (χ0) is 17.6. The SMILES string of the molecule is Cc1cc(Cn2nnc3c(-c4ccc(S)[nH]4)nc(N)nc32)ccc1N. The van der Waals surface area contributed by atoms with Crippen molar-refractivity contribution in [1.82, 2.24) is 29.9 Å². The van der Waals surface area contributed by atoms with Gasteiger partial charge in [0.05, 0.1) is 17.3 Å². The molecule has 5 N–H and O–H groups in total. The molecular weight excluding hydrogens is 336 g/mol. The second-order valence-electron chi connectivity index (χ2n) is 5.80. The monoisotopic (exact) mass is 352 g/mol. The van der Waals surface area contributed by atoms with E-state index in [1.807, 2.05) is 37.3 Å². The van der Waals surface area contributed by atoms with E-state index in [2.05, 4.69) is 37.9 Å². The number of aromatic nitrogens is 6. The number of benzene rings is 1. The van der Waals surface area contributed by atoms with Gasteiger partial charge in [0.25, 0.3) is 0 Å². The first-order valence-electron chi connectivity index (χ1n) is 7.61. The Morgan fingerprint density at radius 3 is 2.72 bits per heavy atom. The molecule has 0 saturated carbocycles.